The molecule has 25 heavy (non-hydrogen) atoms. The Morgan fingerprint density at radius 3 is 2.92 bits per heavy atom. The highest BCUT2D eigenvalue weighted by Crippen LogP contribution is 2.17. The van der Waals surface area contributed by atoms with Gasteiger partial charge in [0.15, 0.2) is 5.43 Å². The van der Waals surface area contributed by atoms with Crippen molar-refractivity contribution in [3.63, 3.8) is 0 Å². The topological polar surface area (TPSA) is 87.7 Å². The molecule has 1 amide bonds. The van der Waals surface area contributed by atoms with Crippen molar-refractivity contribution in [3.05, 3.63) is 50.8 Å². The van der Waals surface area contributed by atoms with E-state index in [1.54, 1.807) is 6.07 Å². The summed E-state index contributed by atoms with van der Waals surface area (Å²) in [6.45, 7) is 3.98. The number of aryl methyl sites for hydroxylation is 2. The number of thioether (sulfide) groups is 1. The van der Waals surface area contributed by atoms with Gasteiger partial charge in [-0.2, -0.15) is 0 Å². The number of hydrogen-bond donors (Lipinski definition) is 2. The van der Waals surface area contributed by atoms with Crippen molar-refractivity contribution in [1.82, 2.24) is 15.2 Å². The molecule has 0 aliphatic carbocycles. The third-order valence-corrected chi connectivity index (χ3v) is 5.51. The first-order chi connectivity index (χ1) is 12.0. The Morgan fingerprint density at radius 1 is 1.32 bits per heavy atom. The number of pyridine rings is 1. The van der Waals surface area contributed by atoms with Gasteiger partial charge in [0.25, 0.3) is 0 Å². The summed E-state index contributed by atoms with van der Waals surface area (Å²) in [6.07, 6.45) is 0.803. The Balaban J connectivity index is 1.59. The largest absolute Gasteiger partial charge is 0.357 e. The highest BCUT2D eigenvalue weighted by atomic mass is 32.2. The van der Waals surface area contributed by atoms with Crippen LogP contribution in [0.15, 0.2) is 29.1 Å². The highest BCUT2D eigenvalue weighted by molar-refractivity contribution is 7.99. The molecule has 1 aromatic carbocycles. The molecular weight excluding hydrogens is 356 g/mol. The van der Waals surface area contributed by atoms with Gasteiger partial charge in [-0.05, 0) is 31.0 Å². The number of H-pyrrole nitrogens is 1. The quantitative estimate of drug-likeness (QED) is 0.692. The molecule has 130 valence electrons. The number of aromatic amines is 1. The summed E-state index contributed by atoms with van der Waals surface area (Å²) >= 11 is 2.83. The van der Waals surface area contributed by atoms with Crippen LogP contribution in [0.3, 0.4) is 0 Å². The van der Waals surface area contributed by atoms with Crippen LogP contribution in [0.25, 0.3) is 10.9 Å². The molecule has 0 fully saturated rings. The SMILES string of the molecule is CCc1nnc(NC(=O)CSCc2cc(=O)c3ccc(C)cc3[nH]2)s1. The van der Waals surface area contributed by atoms with E-state index in [1.165, 1.54) is 23.1 Å². The van der Waals surface area contributed by atoms with Crippen molar-refractivity contribution in [2.45, 2.75) is 26.0 Å². The van der Waals surface area contributed by atoms with E-state index in [-0.39, 0.29) is 17.1 Å². The van der Waals surface area contributed by atoms with Gasteiger partial charge in [-0.3, -0.25) is 14.9 Å². The van der Waals surface area contributed by atoms with Crippen molar-refractivity contribution >= 4 is 45.0 Å². The fourth-order valence-corrected chi connectivity index (χ4v) is 3.79. The van der Waals surface area contributed by atoms with Gasteiger partial charge in [-0.1, -0.05) is 24.3 Å². The van der Waals surface area contributed by atoms with E-state index in [9.17, 15) is 9.59 Å². The molecule has 0 spiro atoms. The van der Waals surface area contributed by atoms with Gasteiger partial charge in [0.1, 0.15) is 5.01 Å². The van der Waals surface area contributed by atoms with Crippen LogP contribution in [0.4, 0.5) is 5.13 Å². The molecule has 3 aromatic rings. The van der Waals surface area contributed by atoms with Crippen molar-refractivity contribution in [2.75, 3.05) is 11.1 Å². The molecule has 0 aliphatic heterocycles. The number of carbonyl (C=O) groups excluding carboxylic acids is 1. The summed E-state index contributed by atoms with van der Waals surface area (Å²) in [6, 6.07) is 7.31. The van der Waals surface area contributed by atoms with Gasteiger partial charge in [0.2, 0.25) is 11.0 Å². The number of hydrogen-bond acceptors (Lipinski definition) is 6. The van der Waals surface area contributed by atoms with Crippen LogP contribution in [-0.4, -0.2) is 26.8 Å². The van der Waals surface area contributed by atoms with Crippen LogP contribution in [0.5, 0.6) is 0 Å². The van der Waals surface area contributed by atoms with E-state index in [0.29, 0.717) is 16.3 Å². The maximum atomic E-state index is 12.2. The standard InChI is InChI=1S/C17H18N4O2S2/c1-3-16-20-21-17(25-16)19-15(23)9-24-8-11-7-14(22)12-5-4-10(2)6-13(12)18-11/h4-7H,3,8-9H2,1-2H3,(H,18,22)(H,19,21,23). The van der Waals surface area contributed by atoms with E-state index < -0.39 is 0 Å². The molecular formula is C17H18N4O2S2. The lowest BCUT2D eigenvalue weighted by Gasteiger charge is -2.05. The zero-order valence-electron chi connectivity index (χ0n) is 14.0. The summed E-state index contributed by atoms with van der Waals surface area (Å²) in [5.41, 5.74) is 2.73. The number of amides is 1. The fourth-order valence-electron chi connectivity index (χ4n) is 2.36. The lowest BCUT2D eigenvalue weighted by molar-refractivity contribution is -0.113. The fraction of sp³-hybridized carbons (Fsp3) is 0.294. The van der Waals surface area contributed by atoms with Crippen molar-refractivity contribution in [3.8, 4) is 0 Å². The molecule has 0 saturated heterocycles. The number of benzene rings is 1. The van der Waals surface area contributed by atoms with E-state index in [4.69, 9.17) is 0 Å². The van der Waals surface area contributed by atoms with E-state index in [2.05, 4.69) is 20.5 Å². The molecule has 0 radical (unpaired) electrons. The molecule has 2 aromatic heterocycles. The van der Waals surface area contributed by atoms with Crippen LogP contribution in [-0.2, 0) is 17.0 Å². The summed E-state index contributed by atoms with van der Waals surface area (Å²) in [5.74, 6) is 0.723. The molecule has 0 saturated carbocycles. The molecule has 2 N–H and O–H groups in total. The number of carbonyl (C=O) groups is 1. The molecule has 8 heteroatoms. The first-order valence-corrected chi connectivity index (χ1v) is 9.85. The van der Waals surface area contributed by atoms with Gasteiger partial charge >= 0.3 is 0 Å². The van der Waals surface area contributed by atoms with Gasteiger partial charge in [0, 0.05) is 28.4 Å². The maximum absolute atomic E-state index is 12.2. The smallest absolute Gasteiger partial charge is 0.236 e. The van der Waals surface area contributed by atoms with Gasteiger partial charge in [-0.15, -0.1) is 22.0 Å². The maximum Gasteiger partial charge on any atom is 0.236 e. The summed E-state index contributed by atoms with van der Waals surface area (Å²) in [7, 11) is 0. The zero-order chi connectivity index (χ0) is 17.8. The number of rotatable bonds is 6. The minimum Gasteiger partial charge on any atom is -0.357 e. The number of nitrogens with zero attached hydrogens (tertiary/aromatic N) is 2. The average molecular weight is 374 g/mol. The monoisotopic (exact) mass is 374 g/mol. The third kappa shape index (κ3) is 4.46. The number of fused-ring (bicyclic) bond motifs is 1. The van der Waals surface area contributed by atoms with Crippen LogP contribution in [0, 0.1) is 6.92 Å². The second kappa shape index (κ2) is 7.79. The minimum absolute atomic E-state index is 0.00486. The first-order valence-electron chi connectivity index (χ1n) is 7.87. The summed E-state index contributed by atoms with van der Waals surface area (Å²) < 4.78 is 0. The van der Waals surface area contributed by atoms with Crippen LogP contribution >= 0.6 is 23.1 Å². The predicted molar refractivity (Wildman–Crippen MR) is 103 cm³/mol. The lowest BCUT2D eigenvalue weighted by atomic mass is 10.1. The third-order valence-electron chi connectivity index (χ3n) is 3.55. The Bertz CT molecular complexity index is 965. The Kier molecular flexibility index (Phi) is 5.50. The number of nitrogens with one attached hydrogen (secondary N) is 2. The first kappa shape index (κ1) is 17.6. The van der Waals surface area contributed by atoms with Crippen LogP contribution in [0.2, 0.25) is 0 Å². The zero-order valence-corrected chi connectivity index (χ0v) is 15.6. The summed E-state index contributed by atoms with van der Waals surface area (Å²) in [4.78, 5) is 27.4. The second-order valence-electron chi connectivity index (χ2n) is 5.60. The number of aromatic nitrogens is 3. The van der Waals surface area contributed by atoms with E-state index in [0.717, 1.165) is 28.2 Å². The van der Waals surface area contributed by atoms with Gasteiger partial charge in [0.05, 0.1) is 5.75 Å². The molecule has 0 bridgehead atoms. The minimum atomic E-state index is -0.122. The molecule has 0 atom stereocenters. The van der Waals surface area contributed by atoms with Gasteiger partial charge in [-0.25, -0.2) is 0 Å². The normalized spacial score (nSPS) is 11.0. The summed E-state index contributed by atoms with van der Waals surface area (Å²) in [5, 5.41) is 12.7. The van der Waals surface area contributed by atoms with Crippen LogP contribution < -0.4 is 10.7 Å². The van der Waals surface area contributed by atoms with E-state index >= 15 is 0 Å². The Labute approximate surface area is 153 Å². The highest BCUT2D eigenvalue weighted by Gasteiger charge is 2.08. The van der Waals surface area contributed by atoms with Crippen molar-refractivity contribution in [1.29, 1.82) is 0 Å². The Hall–Kier alpha value is -2.19. The van der Waals surface area contributed by atoms with Crippen molar-refractivity contribution < 1.29 is 4.79 Å². The molecule has 3 rings (SSSR count). The molecule has 0 unspecified atom stereocenters. The van der Waals surface area contributed by atoms with Crippen molar-refractivity contribution in [2.24, 2.45) is 0 Å². The average Bonchev–Trinajstić information content (AvgIpc) is 3.02. The Morgan fingerprint density at radius 2 is 2.16 bits per heavy atom. The van der Waals surface area contributed by atoms with Crippen LogP contribution in [0.1, 0.15) is 23.2 Å². The lowest BCUT2D eigenvalue weighted by Crippen LogP contribution is -2.14. The molecule has 0 aliphatic rings. The van der Waals surface area contributed by atoms with E-state index in [1.807, 2.05) is 32.0 Å². The molecule has 2 heterocycles. The number of anilines is 1. The van der Waals surface area contributed by atoms with Gasteiger partial charge < -0.3 is 4.98 Å². The molecule has 6 nitrogen and oxygen atoms in total. The predicted octanol–water partition coefficient (Wildman–Crippen LogP) is 3.12. The second-order valence-corrected chi connectivity index (χ2v) is 7.65.